The summed E-state index contributed by atoms with van der Waals surface area (Å²) in [4.78, 5) is 20.9. The highest BCUT2D eigenvalue weighted by Gasteiger charge is 2.23. The van der Waals surface area contributed by atoms with Gasteiger partial charge in [-0.1, -0.05) is 23.7 Å². The van der Waals surface area contributed by atoms with Crippen LogP contribution in [0.5, 0.6) is 0 Å². The molecule has 1 aliphatic heterocycles. The Bertz CT molecular complexity index is 818. The van der Waals surface area contributed by atoms with Crippen LogP contribution in [0.15, 0.2) is 35.6 Å². The molecule has 2 heterocycles. The standard InChI is InChI=1S/C18H24ClN7O.HI/c1-20-18(21-12-16-23-22-13-24(16)2)26-8-6-25(7-9-26)17(27)11-14-4-3-5-15(19)10-14;/h3-5,10,13H,6-9,11-12H2,1-2H3,(H,20,21);1H. The quantitative estimate of drug-likeness (QED) is 0.378. The summed E-state index contributed by atoms with van der Waals surface area (Å²) in [6.45, 7) is 3.37. The number of carbonyl (C=O) groups is 1. The molecular weight excluding hydrogens is 493 g/mol. The molecule has 0 unspecified atom stereocenters. The van der Waals surface area contributed by atoms with E-state index in [-0.39, 0.29) is 29.9 Å². The van der Waals surface area contributed by atoms with Crippen molar-refractivity contribution in [3.05, 3.63) is 47.0 Å². The third-order valence-corrected chi connectivity index (χ3v) is 4.83. The van der Waals surface area contributed by atoms with E-state index in [2.05, 4.69) is 25.4 Å². The number of aryl methyl sites for hydroxylation is 1. The predicted molar refractivity (Wildman–Crippen MR) is 120 cm³/mol. The second-order valence-corrected chi connectivity index (χ2v) is 6.87. The van der Waals surface area contributed by atoms with E-state index in [4.69, 9.17) is 11.6 Å². The van der Waals surface area contributed by atoms with Gasteiger partial charge < -0.3 is 19.7 Å². The van der Waals surface area contributed by atoms with E-state index < -0.39 is 0 Å². The zero-order valence-electron chi connectivity index (χ0n) is 16.0. The predicted octanol–water partition coefficient (Wildman–Crippen LogP) is 1.55. The van der Waals surface area contributed by atoms with Crippen molar-refractivity contribution >= 4 is 47.4 Å². The van der Waals surface area contributed by atoms with Crippen molar-refractivity contribution in [2.24, 2.45) is 12.0 Å². The van der Waals surface area contributed by atoms with Crippen molar-refractivity contribution in [3.63, 3.8) is 0 Å². The van der Waals surface area contributed by atoms with Crippen LogP contribution in [-0.4, -0.2) is 69.7 Å². The van der Waals surface area contributed by atoms with Gasteiger partial charge in [0.05, 0.1) is 13.0 Å². The number of rotatable bonds is 4. The average Bonchev–Trinajstić information content (AvgIpc) is 3.08. The van der Waals surface area contributed by atoms with Crippen molar-refractivity contribution in [1.82, 2.24) is 29.9 Å². The van der Waals surface area contributed by atoms with Crippen LogP contribution in [-0.2, 0) is 24.8 Å². The molecule has 28 heavy (non-hydrogen) atoms. The smallest absolute Gasteiger partial charge is 0.227 e. The zero-order chi connectivity index (χ0) is 19.2. The van der Waals surface area contributed by atoms with Gasteiger partial charge in [-0.05, 0) is 17.7 Å². The Labute approximate surface area is 187 Å². The minimum absolute atomic E-state index is 0. The lowest BCUT2D eigenvalue weighted by atomic mass is 10.1. The molecule has 1 aliphatic rings. The van der Waals surface area contributed by atoms with Gasteiger partial charge in [-0.25, -0.2) is 0 Å². The highest BCUT2D eigenvalue weighted by Crippen LogP contribution is 2.13. The summed E-state index contributed by atoms with van der Waals surface area (Å²) in [5, 5.41) is 11.9. The number of benzene rings is 1. The molecule has 1 N–H and O–H groups in total. The molecule has 10 heteroatoms. The second kappa shape index (κ2) is 10.6. The summed E-state index contributed by atoms with van der Waals surface area (Å²) in [7, 11) is 3.67. The third-order valence-electron chi connectivity index (χ3n) is 4.60. The van der Waals surface area contributed by atoms with Gasteiger partial charge >= 0.3 is 0 Å². The van der Waals surface area contributed by atoms with Crippen LogP contribution in [0.3, 0.4) is 0 Å². The Morgan fingerprint density at radius 3 is 2.57 bits per heavy atom. The van der Waals surface area contributed by atoms with Crippen LogP contribution in [0.2, 0.25) is 5.02 Å². The van der Waals surface area contributed by atoms with E-state index in [0.29, 0.717) is 31.1 Å². The summed E-state index contributed by atoms with van der Waals surface area (Å²) in [5.74, 6) is 1.77. The van der Waals surface area contributed by atoms with Gasteiger partial charge in [0.25, 0.3) is 0 Å². The van der Waals surface area contributed by atoms with Gasteiger partial charge in [-0.3, -0.25) is 9.79 Å². The largest absolute Gasteiger partial charge is 0.349 e. The Hall–Kier alpha value is -1.88. The summed E-state index contributed by atoms with van der Waals surface area (Å²) in [5.41, 5.74) is 0.941. The van der Waals surface area contributed by atoms with Crippen molar-refractivity contribution in [1.29, 1.82) is 0 Å². The molecule has 1 aromatic carbocycles. The first kappa shape index (κ1) is 22.4. The third kappa shape index (κ3) is 5.81. The number of aliphatic imine (C=N–C) groups is 1. The molecule has 0 saturated carbocycles. The maximum absolute atomic E-state index is 12.5. The molecule has 1 fully saturated rings. The number of nitrogens with one attached hydrogen (secondary N) is 1. The molecule has 0 atom stereocenters. The van der Waals surface area contributed by atoms with Crippen LogP contribution in [0, 0.1) is 0 Å². The molecule has 0 aliphatic carbocycles. The highest BCUT2D eigenvalue weighted by molar-refractivity contribution is 14.0. The molecule has 1 aromatic heterocycles. The number of guanidine groups is 1. The SMILES string of the molecule is CN=C(NCc1nncn1C)N1CCN(C(=O)Cc2cccc(Cl)c2)CC1.I. The number of aromatic nitrogens is 3. The summed E-state index contributed by atoms with van der Waals surface area (Å²) in [6, 6.07) is 7.45. The lowest BCUT2D eigenvalue weighted by molar-refractivity contribution is -0.131. The lowest BCUT2D eigenvalue weighted by Crippen LogP contribution is -2.54. The maximum atomic E-state index is 12.5. The topological polar surface area (TPSA) is 78.7 Å². The van der Waals surface area contributed by atoms with Gasteiger partial charge in [-0.2, -0.15) is 0 Å². The molecule has 0 radical (unpaired) electrons. The van der Waals surface area contributed by atoms with Crippen molar-refractivity contribution in [2.45, 2.75) is 13.0 Å². The Morgan fingerprint density at radius 2 is 1.96 bits per heavy atom. The Kier molecular flexibility index (Phi) is 8.49. The number of nitrogens with zero attached hydrogens (tertiary/aromatic N) is 6. The monoisotopic (exact) mass is 517 g/mol. The normalized spacial score (nSPS) is 14.6. The van der Waals surface area contributed by atoms with Gasteiger partial charge in [0, 0.05) is 45.3 Å². The van der Waals surface area contributed by atoms with E-state index in [1.165, 1.54) is 0 Å². The van der Waals surface area contributed by atoms with Gasteiger partial charge in [-0.15, -0.1) is 34.2 Å². The van der Waals surface area contributed by atoms with Gasteiger partial charge in [0.15, 0.2) is 11.8 Å². The number of piperazine rings is 1. The molecule has 2 aromatic rings. The van der Waals surface area contributed by atoms with E-state index in [1.54, 1.807) is 13.4 Å². The van der Waals surface area contributed by atoms with E-state index in [1.807, 2.05) is 40.8 Å². The van der Waals surface area contributed by atoms with Crippen molar-refractivity contribution < 1.29 is 4.79 Å². The number of carbonyl (C=O) groups excluding carboxylic acids is 1. The molecular formula is C18H25ClIN7O. The first-order valence-corrected chi connectivity index (χ1v) is 9.25. The molecule has 3 rings (SSSR count). The molecule has 0 spiro atoms. The fourth-order valence-corrected chi connectivity index (χ4v) is 3.27. The minimum atomic E-state index is 0. The van der Waals surface area contributed by atoms with Crippen LogP contribution in [0.1, 0.15) is 11.4 Å². The average molecular weight is 518 g/mol. The minimum Gasteiger partial charge on any atom is -0.349 e. The van der Waals surface area contributed by atoms with Gasteiger partial charge in [0.1, 0.15) is 6.33 Å². The number of halogens is 2. The van der Waals surface area contributed by atoms with Crippen LogP contribution >= 0.6 is 35.6 Å². The first-order chi connectivity index (χ1) is 13.1. The second-order valence-electron chi connectivity index (χ2n) is 6.43. The highest BCUT2D eigenvalue weighted by atomic mass is 127. The fraction of sp³-hybridized carbons (Fsp3) is 0.444. The summed E-state index contributed by atoms with van der Waals surface area (Å²) >= 11 is 6.00. The lowest BCUT2D eigenvalue weighted by Gasteiger charge is -2.36. The molecule has 152 valence electrons. The van der Waals surface area contributed by atoms with E-state index in [0.717, 1.165) is 30.4 Å². The Balaban J connectivity index is 0.00000280. The number of hydrogen-bond acceptors (Lipinski definition) is 4. The zero-order valence-corrected chi connectivity index (χ0v) is 19.1. The fourth-order valence-electron chi connectivity index (χ4n) is 3.06. The number of hydrogen-bond donors (Lipinski definition) is 1. The van der Waals surface area contributed by atoms with Crippen LogP contribution in [0.25, 0.3) is 0 Å². The van der Waals surface area contributed by atoms with Crippen molar-refractivity contribution in [2.75, 3.05) is 33.2 Å². The van der Waals surface area contributed by atoms with E-state index in [9.17, 15) is 4.79 Å². The summed E-state index contributed by atoms with van der Waals surface area (Å²) < 4.78 is 1.87. The molecule has 1 saturated heterocycles. The molecule has 0 bridgehead atoms. The van der Waals surface area contributed by atoms with Crippen LogP contribution in [0.4, 0.5) is 0 Å². The maximum Gasteiger partial charge on any atom is 0.227 e. The van der Waals surface area contributed by atoms with E-state index >= 15 is 0 Å². The van der Waals surface area contributed by atoms with Crippen LogP contribution < -0.4 is 5.32 Å². The Morgan fingerprint density at radius 1 is 1.25 bits per heavy atom. The van der Waals surface area contributed by atoms with Gasteiger partial charge in [0.2, 0.25) is 5.91 Å². The molecule has 8 nitrogen and oxygen atoms in total. The summed E-state index contributed by atoms with van der Waals surface area (Å²) in [6.07, 6.45) is 2.05. The number of amides is 1. The first-order valence-electron chi connectivity index (χ1n) is 8.87. The van der Waals surface area contributed by atoms with Crippen molar-refractivity contribution in [3.8, 4) is 0 Å². The molecule has 1 amide bonds.